The van der Waals surface area contributed by atoms with Gasteiger partial charge in [-0.2, -0.15) is 0 Å². The summed E-state index contributed by atoms with van der Waals surface area (Å²) in [7, 11) is 3.06. The van der Waals surface area contributed by atoms with Crippen molar-refractivity contribution in [3.05, 3.63) is 17.7 Å². The van der Waals surface area contributed by atoms with Gasteiger partial charge in [-0.15, -0.1) is 0 Å². The zero-order chi connectivity index (χ0) is 14.0. The molecule has 1 aromatic carbocycles. The molecular weight excluding hydrogens is 273 g/mol. The topological polar surface area (TPSA) is 38.8 Å². The monoisotopic (exact) mass is 287 g/mol. The van der Waals surface area contributed by atoms with Gasteiger partial charge >= 0.3 is 0 Å². The van der Waals surface area contributed by atoms with Gasteiger partial charge in [-0.3, -0.25) is 4.79 Å². The van der Waals surface area contributed by atoms with Crippen LogP contribution in [0.5, 0.6) is 11.5 Å². The van der Waals surface area contributed by atoms with E-state index in [2.05, 4.69) is 0 Å². The van der Waals surface area contributed by atoms with Crippen molar-refractivity contribution in [2.45, 2.75) is 18.5 Å². The number of alkyl halides is 2. The number of hydrogen-bond acceptors (Lipinski definition) is 3. The first-order valence-electron chi connectivity index (χ1n) is 5.93. The number of aryl methyl sites for hydroxylation is 1. The molecule has 1 aliphatic heterocycles. The van der Waals surface area contributed by atoms with E-state index in [9.17, 15) is 9.18 Å². The second kappa shape index (κ2) is 5.65. The summed E-state index contributed by atoms with van der Waals surface area (Å²) < 4.78 is 23.4. The maximum absolute atomic E-state index is 13.0. The number of fused-ring (bicyclic) bond motifs is 1. The molecule has 0 aromatic heterocycles. The zero-order valence-electron chi connectivity index (χ0n) is 10.8. The lowest BCUT2D eigenvalue weighted by atomic mass is 10.0. The number of amides is 1. The number of nitrogens with zero attached hydrogens (tertiary/aromatic N) is 1. The Balaban J connectivity index is 2.46. The highest BCUT2D eigenvalue weighted by Crippen LogP contribution is 2.38. The van der Waals surface area contributed by atoms with E-state index in [1.54, 1.807) is 13.2 Å². The number of rotatable bonds is 3. The molecule has 0 aliphatic carbocycles. The number of hydrogen-bond donors (Lipinski definition) is 0. The van der Waals surface area contributed by atoms with Gasteiger partial charge in [-0.1, -0.05) is 11.6 Å². The smallest absolute Gasteiger partial charge is 0.277 e. The predicted molar refractivity (Wildman–Crippen MR) is 71.0 cm³/mol. The summed E-state index contributed by atoms with van der Waals surface area (Å²) in [5.74, 6) is 0.360. The van der Waals surface area contributed by atoms with Crippen LogP contribution in [0.2, 0.25) is 0 Å². The van der Waals surface area contributed by atoms with Crippen LogP contribution in [0.3, 0.4) is 0 Å². The Morgan fingerprint density at radius 1 is 1.37 bits per heavy atom. The molecule has 1 unspecified atom stereocenters. The molecule has 19 heavy (non-hydrogen) atoms. The van der Waals surface area contributed by atoms with E-state index in [0.717, 1.165) is 18.4 Å². The number of anilines is 1. The maximum atomic E-state index is 13.0. The van der Waals surface area contributed by atoms with E-state index < -0.39 is 11.5 Å². The van der Waals surface area contributed by atoms with Crippen LogP contribution in [-0.4, -0.2) is 32.3 Å². The molecule has 104 valence electrons. The fourth-order valence-electron chi connectivity index (χ4n) is 2.26. The summed E-state index contributed by atoms with van der Waals surface area (Å²) in [5.41, 5.74) is -0.467. The van der Waals surface area contributed by atoms with Crippen LogP contribution in [0.4, 0.5) is 10.1 Å². The number of methoxy groups -OCH3 is 2. The fourth-order valence-corrected chi connectivity index (χ4v) is 2.37. The van der Waals surface area contributed by atoms with E-state index in [1.807, 2.05) is 6.07 Å². The molecular formula is C13H15ClFNO3. The van der Waals surface area contributed by atoms with E-state index in [4.69, 9.17) is 21.1 Å². The molecule has 6 heteroatoms. The third-order valence-corrected chi connectivity index (χ3v) is 3.34. The molecule has 0 saturated carbocycles. The van der Waals surface area contributed by atoms with Crippen LogP contribution in [0.15, 0.2) is 12.1 Å². The van der Waals surface area contributed by atoms with Crippen LogP contribution < -0.4 is 14.4 Å². The molecule has 0 saturated heterocycles. The van der Waals surface area contributed by atoms with Gasteiger partial charge in [0.05, 0.1) is 19.9 Å². The lowest BCUT2D eigenvalue weighted by molar-refractivity contribution is -0.120. The first kappa shape index (κ1) is 13.9. The van der Waals surface area contributed by atoms with Crippen molar-refractivity contribution >= 4 is 23.2 Å². The van der Waals surface area contributed by atoms with Crippen molar-refractivity contribution < 1.29 is 18.7 Å². The molecule has 1 atom stereocenters. The third kappa shape index (κ3) is 2.61. The van der Waals surface area contributed by atoms with Gasteiger partial charge in [0.1, 0.15) is 0 Å². The Kier molecular flexibility index (Phi) is 4.14. The third-order valence-electron chi connectivity index (χ3n) is 3.16. The molecule has 4 nitrogen and oxygen atoms in total. The molecule has 1 aromatic rings. The Morgan fingerprint density at radius 2 is 2.00 bits per heavy atom. The second-order valence-corrected chi connectivity index (χ2v) is 4.61. The largest absolute Gasteiger partial charge is 0.493 e. The number of ether oxygens (including phenoxy) is 2. The fraction of sp³-hybridized carbons (Fsp3) is 0.462. The van der Waals surface area contributed by atoms with E-state index in [0.29, 0.717) is 23.7 Å². The summed E-state index contributed by atoms with van der Waals surface area (Å²) in [6, 6.07) is 3.50. The Morgan fingerprint density at radius 3 is 2.58 bits per heavy atom. The van der Waals surface area contributed by atoms with Crippen LogP contribution in [0.1, 0.15) is 12.0 Å². The number of carbonyl (C=O) groups excluding carboxylic acids is 1. The molecule has 0 spiro atoms. The van der Waals surface area contributed by atoms with Gasteiger partial charge in [0.2, 0.25) is 0 Å². The summed E-state index contributed by atoms with van der Waals surface area (Å²) >= 11 is 5.25. The highest BCUT2D eigenvalue weighted by molar-refractivity contribution is 6.31. The van der Waals surface area contributed by atoms with E-state index in [1.165, 1.54) is 12.0 Å². The van der Waals surface area contributed by atoms with Gasteiger partial charge in [0, 0.05) is 12.6 Å². The average Bonchev–Trinajstić information content (AvgIpc) is 2.44. The minimum Gasteiger partial charge on any atom is -0.493 e. The molecule has 0 bridgehead atoms. The van der Waals surface area contributed by atoms with E-state index >= 15 is 0 Å². The van der Waals surface area contributed by atoms with Crippen molar-refractivity contribution in [2.75, 3.05) is 25.7 Å². The van der Waals surface area contributed by atoms with Crippen molar-refractivity contribution in [3.63, 3.8) is 0 Å². The normalized spacial score (nSPS) is 15.7. The van der Waals surface area contributed by atoms with Gasteiger partial charge in [-0.05, 0) is 24.5 Å². The summed E-state index contributed by atoms with van der Waals surface area (Å²) in [5, 5.41) is 0. The van der Waals surface area contributed by atoms with Gasteiger partial charge in [0.25, 0.3) is 11.5 Å². The summed E-state index contributed by atoms with van der Waals surface area (Å²) in [4.78, 5) is 13.1. The maximum Gasteiger partial charge on any atom is 0.277 e. The standard InChI is InChI=1S/C13H15ClFNO3/c1-18-10-6-8-4-3-5-16(13(17)12(14)15)9(8)7-11(10)19-2/h6-7,12H,3-5H2,1-2H3. The molecule has 0 fully saturated rings. The quantitative estimate of drug-likeness (QED) is 0.802. The molecule has 0 N–H and O–H groups in total. The summed E-state index contributed by atoms with van der Waals surface area (Å²) in [6.07, 6.45) is 1.57. The Labute approximate surface area is 116 Å². The highest BCUT2D eigenvalue weighted by Gasteiger charge is 2.28. The van der Waals surface area contributed by atoms with Crippen molar-refractivity contribution in [1.82, 2.24) is 0 Å². The summed E-state index contributed by atoms with van der Waals surface area (Å²) in [6.45, 7) is 0.453. The van der Waals surface area contributed by atoms with Gasteiger partial charge in [-0.25, -0.2) is 4.39 Å². The molecule has 1 amide bonds. The minimum absolute atomic E-state index is 0.453. The number of benzene rings is 1. The van der Waals surface area contributed by atoms with Crippen LogP contribution in [0.25, 0.3) is 0 Å². The lowest BCUT2D eigenvalue weighted by Gasteiger charge is -2.30. The number of carbonyl (C=O) groups is 1. The Hall–Kier alpha value is -1.49. The molecule has 0 radical (unpaired) electrons. The Bertz CT molecular complexity index is 493. The van der Waals surface area contributed by atoms with Crippen LogP contribution >= 0.6 is 11.6 Å². The molecule has 2 rings (SSSR count). The molecule has 1 aliphatic rings. The van der Waals surface area contributed by atoms with Crippen LogP contribution in [-0.2, 0) is 11.2 Å². The van der Waals surface area contributed by atoms with Crippen LogP contribution in [0, 0.1) is 0 Å². The van der Waals surface area contributed by atoms with Gasteiger partial charge in [0.15, 0.2) is 11.5 Å². The minimum atomic E-state index is -2.03. The number of halogens is 2. The first-order chi connectivity index (χ1) is 9.08. The first-order valence-corrected chi connectivity index (χ1v) is 6.36. The van der Waals surface area contributed by atoms with Crippen molar-refractivity contribution in [3.8, 4) is 11.5 Å². The SMILES string of the molecule is COc1cc2c(cc1OC)N(C(=O)C(F)Cl)CCC2. The van der Waals surface area contributed by atoms with Gasteiger partial charge < -0.3 is 14.4 Å². The van der Waals surface area contributed by atoms with E-state index in [-0.39, 0.29) is 0 Å². The predicted octanol–water partition coefficient (Wildman–Crippen LogP) is 2.52. The lowest BCUT2D eigenvalue weighted by Crippen LogP contribution is -2.39. The zero-order valence-corrected chi connectivity index (χ0v) is 11.5. The van der Waals surface area contributed by atoms with Crippen molar-refractivity contribution in [2.24, 2.45) is 0 Å². The highest BCUT2D eigenvalue weighted by atomic mass is 35.5. The van der Waals surface area contributed by atoms with Crippen molar-refractivity contribution in [1.29, 1.82) is 0 Å². The second-order valence-electron chi connectivity index (χ2n) is 4.23. The molecule has 1 heterocycles. The average molecular weight is 288 g/mol.